The van der Waals surface area contributed by atoms with Gasteiger partial charge in [-0.25, -0.2) is 18.4 Å². The summed E-state index contributed by atoms with van der Waals surface area (Å²) < 4.78 is 34.6. The predicted octanol–water partition coefficient (Wildman–Crippen LogP) is 6.67. The van der Waals surface area contributed by atoms with Crippen LogP contribution in [-0.2, 0) is 27.9 Å². The Labute approximate surface area is 276 Å². The van der Waals surface area contributed by atoms with Crippen LogP contribution < -0.4 is 19.8 Å². The highest BCUT2D eigenvalue weighted by molar-refractivity contribution is 7.92. The quantitative estimate of drug-likeness (QED) is 0.196. The number of aromatic nitrogens is 2. The first-order valence-corrected chi connectivity index (χ1v) is 17.5. The van der Waals surface area contributed by atoms with Gasteiger partial charge < -0.3 is 14.6 Å². The average molecular weight is 656 g/mol. The van der Waals surface area contributed by atoms with Crippen LogP contribution in [0.4, 0.5) is 17.1 Å². The van der Waals surface area contributed by atoms with Crippen LogP contribution in [0.3, 0.4) is 0 Å². The van der Waals surface area contributed by atoms with Crippen molar-refractivity contribution in [1.82, 2.24) is 9.55 Å². The third kappa shape index (κ3) is 6.34. The molecule has 6 rings (SSSR count). The van der Waals surface area contributed by atoms with Crippen LogP contribution in [-0.4, -0.2) is 43.8 Å². The second-order valence-corrected chi connectivity index (χ2v) is 15.1. The summed E-state index contributed by atoms with van der Waals surface area (Å²) >= 11 is 0. The molecule has 11 nitrogen and oxygen atoms in total. The van der Waals surface area contributed by atoms with Gasteiger partial charge in [0.1, 0.15) is 11.9 Å². The van der Waals surface area contributed by atoms with Gasteiger partial charge in [-0.05, 0) is 80.0 Å². The fourth-order valence-corrected chi connectivity index (χ4v) is 6.77. The molecule has 1 aliphatic carbocycles. The Bertz CT molecular complexity index is 1980. The zero-order valence-corrected chi connectivity index (χ0v) is 28.6. The molecule has 1 unspecified atom stereocenters. The zero-order chi connectivity index (χ0) is 33.7. The molecule has 47 heavy (non-hydrogen) atoms. The van der Waals surface area contributed by atoms with E-state index in [9.17, 15) is 13.2 Å². The number of aryl methyl sites for hydroxylation is 1. The number of anilines is 3. The highest BCUT2D eigenvalue weighted by atomic mass is 32.2. The molecule has 1 fully saturated rings. The van der Waals surface area contributed by atoms with Crippen LogP contribution in [0.15, 0.2) is 77.2 Å². The molecule has 1 amide bonds. The number of sulfonamides is 1. The molecule has 2 aliphatic rings. The lowest BCUT2D eigenvalue weighted by molar-refractivity contribution is 0.102. The van der Waals surface area contributed by atoms with Crippen LogP contribution >= 0.6 is 0 Å². The molecule has 4 aromatic rings. The first-order valence-electron chi connectivity index (χ1n) is 15.6. The molecule has 2 N–H and O–H groups in total. The summed E-state index contributed by atoms with van der Waals surface area (Å²) in [4.78, 5) is 18.5. The molecule has 0 bridgehead atoms. The number of methoxy groups -OCH3 is 1. The third-order valence-corrected chi connectivity index (χ3v) is 9.94. The van der Waals surface area contributed by atoms with Gasteiger partial charge in [-0.2, -0.15) is 5.11 Å². The monoisotopic (exact) mass is 655 g/mol. The van der Waals surface area contributed by atoms with Crippen LogP contribution in [0.2, 0.25) is 0 Å². The molecule has 1 aromatic heterocycles. The summed E-state index contributed by atoms with van der Waals surface area (Å²) in [6, 6.07) is 19.2. The maximum Gasteiger partial charge on any atom is 0.255 e. The highest BCUT2D eigenvalue weighted by Gasteiger charge is 2.40. The van der Waals surface area contributed by atoms with E-state index in [0.717, 1.165) is 47.4 Å². The van der Waals surface area contributed by atoms with Gasteiger partial charge in [0.2, 0.25) is 10.0 Å². The van der Waals surface area contributed by atoms with E-state index in [0.29, 0.717) is 17.8 Å². The van der Waals surface area contributed by atoms with Crippen molar-refractivity contribution < 1.29 is 17.9 Å². The van der Waals surface area contributed by atoms with Crippen molar-refractivity contribution in [2.24, 2.45) is 17.4 Å². The van der Waals surface area contributed by atoms with Gasteiger partial charge in [-0.1, -0.05) is 48.5 Å². The van der Waals surface area contributed by atoms with E-state index in [4.69, 9.17) is 9.72 Å². The molecule has 0 radical (unpaired) electrons. The van der Waals surface area contributed by atoms with Gasteiger partial charge in [0.15, 0.2) is 5.75 Å². The number of imidazole rings is 1. The first-order chi connectivity index (χ1) is 22.2. The number of hydrogen-bond donors (Lipinski definition) is 2. The summed E-state index contributed by atoms with van der Waals surface area (Å²) in [6.45, 7) is 8.91. The number of hydrogen-bond acceptors (Lipinski definition) is 8. The van der Waals surface area contributed by atoms with E-state index in [2.05, 4.69) is 57.8 Å². The minimum absolute atomic E-state index is 0.0834. The van der Waals surface area contributed by atoms with Crippen LogP contribution in [0.5, 0.6) is 5.75 Å². The summed E-state index contributed by atoms with van der Waals surface area (Å²) in [5.41, 5.74) is 5.48. The smallest absolute Gasteiger partial charge is 0.255 e. The number of carbonyl (C=O) groups excluding carboxylic acids is 1. The fraction of sp³-hybridized carbons (Fsp3) is 0.371. The van der Waals surface area contributed by atoms with Gasteiger partial charge in [-0.3, -0.25) is 9.52 Å². The molecule has 2 heterocycles. The Kier molecular flexibility index (Phi) is 8.11. The molecular weight excluding hydrogens is 614 g/mol. The van der Waals surface area contributed by atoms with Crippen LogP contribution in [0, 0.1) is 6.92 Å². The lowest BCUT2D eigenvalue weighted by Gasteiger charge is -2.25. The molecule has 246 valence electrons. The van der Waals surface area contributed by atoms with Crippen LogP contribution in [0.1, 0.15) is 78.2 Å². The van der Waals surface area contributed by atoms with Crippen molar-refractivity contribution in [2.75, 3.05) is 35.0 Å². The number of amides is 1. The summed E-state index contributed by atoms with van der Waals surface area (Å²) in [6.07, 6.45) is 4.91. The number of carbonyl (C=O) groups is 1. The Hall–Kier alpha value is -4.71. The highest BCUT2D eigenvalue weighted by Crippen LogP contribution is 2.51. The lowest BCUT2D eigenvalue weighted by atomic mass is 9.84. The van der Waals surface area contributed by atoms with Gasteiger partial charge >= 0.3 is 0 Å². The van der Waals surface area contributed by atoms with Crippen molar-refractivity contribution >= 4 is 33.0 Å². The average Bonchev–Trinajstić information content (AvgIpc) is 3.39. The Balaban J connectivity index is 1.24. The van der Waals surface area contributed by atoms with E-state index in [1.165, 1.54) is 12.7 Å². The van der Waals surface area contributed by atoms with Gasteiger partial charge in [0.25, 0.3) is 5.91 Å². The normalized spacial score (nSPS) is 17.1. The van der Waals surface area contributed by atoms with E-state index in [1.54, 1.807) is 18.2 Å². The molecule has 1 aliphatic heterocycles. The van der Waals surface area contributed by atoms with Gasteiger partial charge in [0, 0.05) is 18.0 Å². The number of rotatable bonds is 10. The van der Waals surface area contributed by atoms with E-state index >= 15 is 0 Å². The van der Waals surface area contributed by atoms with Crippen molar-refractivity contribution in [3.8, 4) is 5.75 Å². The van der Waals surface area contributed by atoms with Crippen molar-refractivity contribution in [1.29, 1.82) is 0 Å². The third-order valence-electron chi connectivity index (χ3n) is 9.35. The lowest BCUT2D eigenvalue weighted by Crippen LogP contribution is -2.25. The van der Waals surface area contributed by atoms with E-state index < -0.39 is 10.0 Å². The second-order valence-electron chi connectivity index (χ2n) is 13.4. The number of nitrogens with zero attached hydrogens (tertiary/aromatic N) is 5. The summed E-state index contributed by atoms with van der Waals surface area (Å²) in [7, 11) is -0.126. The van der Waals surface area contributed by atoms with Gasteiger partial charge in [-0.15, -0.1) is 0 Å². The van der Waals surface area contributed by atoms with Crippen LogP contribution in [0.25, 0.3) is 0 Å². The van der Waals surface area contributed by atoms with Gasteiger partial charge in [0.05, 0.1) is 48.9 Å². The van der Waals surface area contributed by atoms with Crippen molar-refractivity contribution in [3.05, 3.63) is 101 Å². The maximum absolute atomic E-state index is 13.7. The Morgan fingerprint density at radius 3 is 2.43 bits per heavy atom. The molecule has 1 saturated carbocycles. The number of nitrogens with one attached hydrogen (secondary N) is 2. The van der Waals surface area contributed by atoms with E-state index in [-0.39, 0.29) is 34.2 Å². The largest absolute Gasteiger partial charge is 0.492 e. The predicted molar refractivity (Wildman–Crippen MR) is 184 cm³/mol. The molecule has 0 spiro atoms. The second kappa shape index (κ2) is 11.8. The van der Waals surface area contributed by atoms with E-state index in [1.807, 2.05) is 55.5 Å². The number of benzene rings is 3. The topological polar surface area (TPSA) is 130 Å². The Morgan fingerprint density at radius 1 is 1.06 bits per heavy atom. The maximum atomic E-state index is 13.7. The molecular formula is C35H41N7O4S. The molecule has 12 heteroatoms. The SMILES string of the molecule is COc1c(NC(=O)c2ccc(C)c(N3CC(c4cnc(C(C)(C)c5ccccc5)n4C)N=N3)c2)cc(C2(C)CC2)cc1NS(C)(=O)=O. The number of ether oxygens (including phenoxy) is 1. The minimum atomic E-state index is -3.59. The van der Waals surface area contributed by atoms with Crippen molar-refractivity contribution in [2.45, 2.75) is 57.4 Å². The molecule has 1 atom stereocenters. The zero-order valence-electron chi connectivity index (χ0n) is 27.8. The first kappa shape index (κ1) is 32.2. The standard InChI is InChI=1S/C35H41N7O4S/c1-22-13-14-23(32(43)37-26-18-25(35(4)15-16-35)19-27(31(26)46-6)39-47(7,44)45)17-29(22)42-21-28(38-40-42)30-20-36-33(41(30)5)34(2,3)24-11-9-8-10-12-24/h8-14,17-20,28,39H,15-16,21H2,1-7H3,(H,37,43). The molecule has 0 saturated heterocycles. The summed E-state index contributed by atoms with van der Waals surface area (Å²) in [5, 5.41) is 13.9. The van der Waals surface area contributed by atoms with Crippen molar-refractivity contribution in [3.63, 3.8) is 0 Å². The Morgan fingerprint density at radius 2 is 1.77 bits per heavy atom. The molecule has 3 aromatic carbocycles. The summed E-state index contributed by atoms with van der Waals surface area (Å²) in [5.74, 6) is 0.818. The minimum Gasteiger partial charge on any atom is -0.492 e. The fourth-order valence-electron chi connectivity index (χ4n) is 6.22.